The zero-order valence-corrected chi connectivity index (χ0v) is 12.3. The van der Waals surface area contributed by atoms with Crippen molar-refractivity contribution < 1.29 is 9.59 Å². The number of urea groups is 1. The lowest BCUT2D eigenvalue weighted by molar-refractivity contribution is -0.120. The van der Waals surface area contributed by atoms with Crippen LogP contribution in [0.4, 0.5) is 16.2 Å². The lowest BCUT2D eigenvalue weighted by atomic mass is 10.2. The molecule has 1 saturated heterocycles. The number of benzene rings is 2. The predicted molar refractivity (Wildman–Crippen MR) is 85.3 cm³/mol. The first-order valence-corrected chi connectivity index (χ1v) is 7.19. The highest BCUT2D eigenvalue weighted by Crippen LogP contribution is 2.26. The SMILES string of the molecule is CC1CN(C(=O)Nc2ccccc2)N(c2ccccc2)C1=O. The smallest absolute Gasteiger partial charge is 0.306 e. The van der Waals surface area contributed by atoms with Crippen molar-refractivity contribution >= 4 is 23.3 Å². The average Bonchev–Trinajstić information content (AvgIpc) is 2.85. The normalized spacial score (nSPS) is 17.7. The van der Waals surface area contributed by atoms with Crippen LogP contribution in [0.2, 0.25) is 0 Å². The molecular weight excluding hydrogens is 278 g/mol. The minimum atomic E-state index is -0.312. The standard InChI is InChI=1S/C17H17N3O2/c1-13-12-19(17(22)18-14-8-4-2-5-9-14)20(16(13)21)15-10-6-3-7-11-15/h2-11,13H,12H2,1H3,(H,18,22). The van der Waals surface area contributed by atoms with Gasteiger partial charge in [-0.05, 0) is 24.3 Å². The molecule has 1 atom stereocenters. The summed E-state index contributed by atoms with van der Waals surface area (Å²) in [5, 5.41) is 5.72. The van der Waals surface area contributed by atoms with E-state index in [2.05, 4.69) is 5.32 Å². The molecule has 0 saturated carbocycles. The summed E-state index contributed by atoms with van der Waals surface area (Å²) in [5.41, 5.74) is 1.40. The molecule has 5 nitrogen and oxygen atoms in total. The Morgan fingerprint density at radius 2 is 1.64 bits per heavy atom. The molecule has 0 radical (unpaired) electrons. The molecule has 22 heavy (non-hydrogen) atoms. The van der Waals surface area contributed by atoms with Gasteiger partial charge in [0.2, 0.25) is 0 Å². The molecule has 1 unspecified atom stereocenters. The summed E-state index contributed by atoms with van der Waals surface area (Å²) in [7, 11) is 0. The van der Waals surface area contributed by atoms with Crippen LogP contribution in [0.1, 0.15) is 6.92 Å². The Morgan fingerprint density at radius 3 is 2.27 bits per heavy atom. The van der Waals surface area contributed by atoms with Gasteiger partial charge in [0.05, 0.1) is 18.2 Å². The van der Waals surface area contributed by atoms with Crippen molar-refractivity contribution in [3.05, 3.63) is 60.7 Å². The van der Waals surface area contributed by atoms with Gasteiger partial charge < -0.3 is 5.32 Å². The first kappa shape index (κ1) is 14.1. The van der Waals surface area contributed by atoms with Crippen molar-refractivity contribution in [1.29, 1.82) is 0 Å². The van der Waals surface area contributed by atoms with Gasteiger partial charge in [-0.15, -0.1) is 0 Å². The highest BCUT2D eigenvalue weighted by Gasteiger charge is 2.39. The molecule has 1 N–H and O–H groups in total. The molecule has 0 aliphatic carbocycles. The molecule has 0 spiro atoms. The summed E-state index contributed by atoms with van der Waals surface area (Å²) in [6.07, 6.45) is 0. The van der Waals surface area contributed by atoms with Crippen LogP contribution < -0.4 is 10.3 Å². The second-order valence-electron chi connectivity index (χ2n) is 5.26. The van der Waals surface area contributed by atoms with Crippen molar-refractivity contribution in [1.82, 2.24) is 5.01 Å². The van der Waals surface area contributed by atoms with Gasteiger partial charge in [-0.3, -0.25) is 4.79 Å². The molecule has 112 valence electrons. The van der Waals surface area contributed by atoms with Crippen molar-refractivity contribution in [2.45, 2.75) is 6.92 Å². The van der Waals surface area contributed by atoms with E-state index < -0.39 is 0 Å². The van der Waals surface area contributed by atoms with E-state index >= 15 is 0 Å². The number of nitrogens with zero attached hydrogens (tertiary/aromatic N) is 2. The molecule has 2 aromatic carbocycles. The second kappa shape index (κ2) is 5.89. The number of rotatable bonds is 2. The molecule has 5 heteroatoms. The zero-order chi connectivity index (χ0) is 15.5. The van der Waals surface area contributed by atoms with Gasteiger partial charge in [0, 0.05) is 5.69 Å². The topological polar surface area (TPSA) is 52.7 Å². The molecular formula is C17H17N3O2. The van der Waals surface area contributed by atoms with Crippen molar-refractivity contribution in [3.8, 4) is 0 Å². The van der Waals surface area contributed by atoms with Gasteiger partial charge >= 0.3 is 6.03 Å². The van der Waals surface area contributed by atoms with Gasteiger partial charge in [-0.25, -0.2) is 14.8 Å². The zero-order valence-electron chi connectivity index (χ0n) is 12.3. The lowest BCUT2D eigenvalue weighted by Crippen LogP contribution is -2.45. The minimum absolute atomic E-state index is 0.0746. The number of para-hydroxylation sites is 2. The number of hydrazine groups is 1. The molecule has 1 heterocycles. The van der Waals surface area contributed by atoms with Crippen LogP contribution in [-0.4, -0.2) is 23.5 Å². The number of carbonyl (C=O) groups excluding carboxylic acids is 2. The predicted octanol–water partition coefficient (Wildman–Crippen LogP) is 3.12. The maximum Gasteiger partial charge on any atom is 0.341 e. The molecule has 0 bridgehead atoms. The van der Waals surface area contributed by atoms with Gasteiger partial charge in [0.25, 0.3) is 5.91 Å². The average molecular weight is 295 g/mol. The van der Waals surface area contributed by atoms with Crippen LogP contribution in [0, 0.1) is 5.92 Å². The fourth-order valence-corrected chi connectivity index (χ4v) is 2.47. The van der Waals surface area contributed by atoms with Crippen LogP contribution >= 0.6 is 0 Å². The Morgan fingerprint density at radius 1 is 1.05 bits per heavy atom. The third-order valence-corrected chi connectivity index (χ3v) is 3.58. The van der Waals surface area contributed by atoms with E-state index in [1.165, 1.54) is 10.0 Å². The molecule has 3 rings (SSSR count). The third kappa shape index (κ3) is 2.65. The summed E-state index contributed by atoms with van der Waals surface area (Å²) in [6.45, 7) is 2.19. The van der Waals surface area contributed by atoms with E-state index in [1.54, 1.807) is 0 Å². The molecule has 1 fully saturated rings. The quantitative estimate of drug-likeness (QED) is 0.925. The van der Waals surface area contributed by atoms with E-state index in [-0.39, 0.29) is 17.9 Å². The number of anilines is 2. The van der Waals surface area contributed by atoms with Crippen LogP contribution in [-0.2, 0) is 4.79 Å². The molecule has 3 amide bonds. The maximum atomic E-state index is 12.5. The minimum Gasteiger partial charge on any atom is -0.306 e. The Balaban J connectivity index is 1.84. The van der Waals surface area contributed by atoms with Crippen molar-refractivity contribution in [2.24, 2.45) is 5.92 Å². The highest BCUT2D eigenvalue weighted by molar-refractivity contribution is 6.02. The van der Waals surface area contributed by atoms with Gasteiger partial charge in [0.1, 0.15) is 0 Å². The lowest BCUT2D eigenvalue weighted by Gasteiger charge is -2.27. The first-order chi connectivity index (χ1) is 10.7. The molecule has 2 aromatic rings. The fraction of sp³-hybridized carbons (Fsp3) is 0.176. The molecule has 1 aliphatic rings. The summed E-state index contributed by atoms with van der Waals surface area (Å²) < 4.78 is 0. The highest BCUT2D eigenvalue weighted by atomic mass is 16.2. The maximum absolute atomic E-state index is 12.5. The Kier molecular flexibility index (Phi) is 3.78. The van der Waals surface area contributed by atoms with E-state index in [9.17, 15) is 9.59 Å². The Hall–Kier alpha value is -2.82. The third-order valence-electron chi connectivity index (χ3n) is 3.58. The fourth-order valence-electron chi connectivity index (χ4n) is 2.47. The number of nitrogens with one attached hydrogen (secondary N) is 1. The van der Waals surface area contributed by atoms with Gasteiger partial charge in [0.15, 0.2) is 0 Å². The number of carbonyl (C=O) groups is 2. The summed E-state index contributed by atoms with van der Waals surface area (Å²) in [6, 6.07) is 18.1. The van der Waals surface area contributed by atoms with E-state index in [0.29, 0.717) is 17.9 Å². The van der Waals surface area contributed by atoms with E-state index in [1.807, 2.05) is 67.6 Å². The van der Waals surface area contributed by atoms with Crippen molar-refractivity contribution in [3.63, 3.8) is 0 Å². The number of hydrogen-bond donors (Lipinski definition) is 1. The van der Waals surface area contributed by atoms with Gasteiger partial charge in [-0.2, -0.15) is 0 Å². The van der Waals surface area contributed by atoms with E-state index in [0.717, 1.165) is 0 Å². The van der Waals surface area contributed by atoms with E-state index in [4.69, 9.17) is 0 Å². The van der Waals surface area contributed by atoms with Crippen LogP contribution in [0.5, 0.6) is 0 Å². The largest absolute Gasteiger partial charge is 0.341 e. The van der Waals surface area contributed by atoms with Crippen LogP contribution in [0.25, 0.3) is 0 Å². The first-order valence-electron chi connectivity index (χ1n) is 7.19. The van der Waals surface area contributed by atoms with Crippen LogP contribution in [0.15, 0.2) is 60.7 Å². The van der Waals surface area contributed by atoms with Gasteiger partial charge in [-0.1, -0.05) is 43.3 Å². The van der Waals surface area contributed by atoms with Crippen molar-refractivity contribution in [2.75, 3.05) is 16.9 Å². The summed E-state index contributed by atoms with van der Waals surface area (Å²) in [5.74, 6) is -0.295. The monoisotopic (exact) mass is 295 g/mol. The Bertz CT molecular complexity index is 673. The molecule has 0 aromatic heterocycles. The summed E-state index contributed by atoms with van der Waals surface area (Å²) in [4.78, 5) is 24.9. The number of hydrogen-bond acceptors (Lipinski definition) is 2. The molecule has 1 aliphatic heterocycles. The second-order valence-corrected chi connectivity index (χ2v) is 5.26. The Labute approximate surface area is 129 Å². The van der Waals surface area contributed by atoms with Crippen LogP contribution in [0.3, 0.4) is 0 Å². The number of amides is 3. The summed E-state index contributed by atoms with van der Waals surface area (Å²) >= 11 is 0.